The number of ether oxygens (including phenoxy) is 1. The van der Waals surface area contributed by atoms with Gasteiger partial charge in [-0.05, 0) is 6.42 Å². The zero-order chi connectivity index (χ0) is 15.1. The van der Waals surface area contributed by atoms with Crippen molar-refractivity contribution in [1.82, 2.24) is 4.90 Å². The molecular weight excluding hydrogens is 280 g/mol. The summed E-state index contributed by atoms with van der Waals surface area (Å²) in [5, 5.41) is 13.7. The maximum atomic E-state index is 11.6. The van der Waals surface area contributed by atoms with Gasteiger partial charge in [0.15, 0.2) is 0 Å². The molecule has 0 aliphatic carbocycles. The minimum atomic E-state index is -1.11. The number of unbranched alkanes of at least 4 members (excludes halogenated alkanes) is 2. The summed E-state index contributed by atoms with van der Waals surface area (Å²) in [4.78, 5) is 24.2. The second kappa shape index (κ2) is 7.74. The van der Waals surface area contributed by atoms with E-state index in [1.165, 1.54) is 4.90 Å². The first-order chi connectivity index (χ1) is 9.47. The summed E-state index contributed by atoms with van der Waals surface area (Å²) < 4.78 is 5.49. The van der Waals surface area contributed by atoms with Gasteiger partial charge in [-0.1, -0.05) is 19.8 Å². The summed E-state index contributed by atoms with van der Waals surface area (Å²) in [6.07, 6.45) is 2.99. The van der Waals surface area contributed by atoms with E-state index in [-0.39, 0.29) is 11.6 Å². The van der Waals surface area contributed by atoms with Gasteiger partial charge in [0.2, 0.25) is 0 Å². The number of nitrogens with one attached hydrogen (secondary N) is 1. The van der Waals surface area contributed by atoms with Crippen molar-refractivity contribution in [3.05, 3.63) is 10.9 Å². The molecule has 1 aromatic heterocycles. The van der Waals surface area contributed by atoms with Crippen LogP contribution in [0.5, 0.6) is 5.75 Å². The van der Waals surface area contributed by atoms with Crippen molar-refractivity contribution in [3.8, 4) is 5.75 Å². The first-order valence-electron chi connectivity index (χ1n) is 6.43. The van der Waals surface area contributed by atoms with Crippen LogP contribution in [-0.2, 0) is 0 Å². The quantitative estimate of drug-likeness (QED) is 0.758. The van der Waals surface area contributed by atoms with E-state index in [0.717, 1.165) is 30.6 Å². The molecule has 2 N–H and O–H groups in total. The van der Waals surface area contributed by atoms with Crippen molar-refractivity contribution in [1.29, 1.82) is 0 Å². The van der Waals surface area contributed by atoms with Gasteiger partial charge in [-0.15, -0.1) is 11.3 Å². The zero-order valence-electron chi connectivity index (χ0n) is 11.9. The molecule has 112 valence electrons. The number of carbonyl (C=O) groups is 2. The second-order valence-corrected chi connectivity index (χ2v) is 5.37. The molecule has 0 fully saturated rings. The summed E-state index contributed by atoms with van der Waals surface area (Å²) in [6.45, 7) is 2.56. The van der Waals surface area contributed by atoms with E-state index in [1.54, 1.807) is 19.5 Å². The van der Waals surface area contributed by atoms with E-state index >= 15 is 0 Å². The molecule has 0 radical (unpaired) electrons. The molecule has 0 unspecified atom stereocenters. The highest BCUT2D eigenvalue weighted by atomic mass is 32.1. The number of anilines is 1. The Morgan fingerprint density at radius 1 is 1.40 bits per heavy atom. The Balaban J connectivity index is 2.79. The standard InChI is InChI=1S/C13H20N2O4S/c1-4-5-6-7-19-9-8-20-11(10(9)12(16)17)14-13(18)15(2)3/h8H,4-7H2,1-3H3,(H,14,18)(H,16,17). The molecular formula is C13H20N2O4S. The van der Waals surface area contributed by atoms with Crippen molar-refractivity contribution in [2.45, 2.75) is 26.2 Å². The highest BCUT2D eigenvalue weighted by Crippen LogP contribution is 2.34. The van der Waals surface area contributed by atoms with E-state index in [1.807, 2.05) is 0 Å². The second-order valence-electron chi connectivity index (χ2n) is 4.49. The van der Waals surface area contributed by atoms with Crippen LogP contribution in [0.3, 0.4) is 0 Å². The number of rotatable bonds is 7. The average molecular weight is 300 g/mol. The van der Waals surface area contributed by atoms with Gasteiger partial charge in [0.05, 0.1) is 6.61 Å². The number of urea groups is 1. The van der Waals surface area contributed by atoms with Gasteiger partial charge in [-0.2, -0.15) is 0 Å². The third kappa shape index (κ3) is 4.41. The smallest absolute Gasteiger partial charge is 0.342 e. The van der Waals surface area contributed by atoms with Gasteiger partial charge in [0, 0.05) is 19.5 Å². The molecule has 0 bridgehead atoms. The number of amides is 2. The van der Waals surface area contributed by atoms with Gasteiger partial charge < -0.3 is 14.7 Å². The van der Waals surface area contributed by atoms with Crippen LogP contribution in [0.25, 0.3) is 0 Å². The summed E-state index contributed by atoms with van der Waals surface area (Å²) in [7, 11) is 3.18. The first-order valence-corrected chi connectivity index (χ1v) is 7.31. The molecule has 0 saturated heterocycles. The Kier molecular flexibility index (Phi) is 6.30. The van der Waals surface area contributed by atoms with Crippen molar-refractivity contribution >= 4 is 28.3 Å². The highest BCUT2D eigenvalue weighted by Gasteiger charge is 2.21. The van der Waals surface area contributed by atoms with Crippen LogP contribution in [0.15, 0.2) is 5.38 Å². The number of hydrogen-bond donors (Lipinski definition) is 2. The predicted octanol–water partition coefficient (Wildman–Crippen LogP) is 3.11. The van der Waals surface area contributed by atoms with E-state index in [9.17, 15) is 14.7 Å². The van der Waals surface area contributed by atoms with Gasteiger partial charge in [0.1, 0.15) is 16.3 Å². The lowest BCUT2D eigenvalue weighted by molar-refractivity contribution is 0.0694. The van der Waals surface area contributed by atoms with Crippen LogP contribution in [0, 0.1) is 0 Å². The Hall–Kier alpha value is -1.76. The SMILES string of the molecule is CCCCCOc1csc(NC(=O)N(C)C)c1C(=O)O. The molecule has 0 saturated carbocycles. The lowest BCUT2D eigenvalue weighted by Crippen LogP contribution is -2.27. The van der Waals surface area contributed by atoms with Crippen molar-refractivity contribution < 1.29 is 19.4 Å². The minimum Gasteiger partial charge on any atom is -0.492 e. The van der Waals surface area contributed by atoms with E-state index in [4.69, 9.17) is 4.74 Å². The number of hydrogen-bond acceptors (Lipinski definition) is 4. The maximum absolute atomic E-state index is 11.6. The molecule has 0 aliphatic rings. The number of aromatic carboxylic acids is 1. The van der Waals surface area contributed by atoms with Gasteiger partial charge in [0.25, 0.3) is 0 Å². The van der Waals surface area contributed by atoms with Crippen LogP contribution in [-0.4, -0.2) is 42.7 Å². The summed E-state index contributed by atoms with van der Waals surface area (Å²) >= 11 is 1.15. The lowest BCUT2D eigenvalue weighted by atomic mass is 10.2. The number of carboxylic acids is 1. The van der Waals surface area contributed by atoms with Crippen LogP contribution >= 0.6 is 11.3 Å². The maximum Gasteiger partial charge on any atom is 0.342 e. The third-order valence-electron chi connectivity index (χ3n) is 2.60. The van der Waals surface area contributed by atoms with E-state index in [2.05, 4.69) is 12.2 Å². The van der Waals surface area contributed by atoms with Crippen molar-refractivity contribution in [3.63, 3.8) is 0 Å². The first kappa shape index (κ1) is 16.3. The Morgan fingerprint density at radius 3 is 2.65 bits per heavy atom. The van der Waals surface area contributed by atoms with Crippen molar-refractivity contribution in [2.75, 3.05) is 26.0 Å². The Bertz CT molecular complexity index is 471. The number of nitrogens with zero attached hydrogens (tertiary/aromatic N) is 1. The van der Waals surface area contributed by atoms with E-state index < -0.39 is 5.97 Å². The highest BCUT2D eigenvalue weighted by molar-refractivity contribution is 7.15. The molecule has 7 heteroatoms. The molecule has 20 heavy (non-hydrogen) atoms. The number of carbonyl (C=O) groups excluding carboxylic acids is 1. The fourth-order valence-corrected chi connectivity index (χ4v) is 2.35. The molecule has 0 spiro atoms. The molecule has 6 nitrogen and oxygen atoms in total. The third-order valence-corrected chi connectivity index (χ3v) is 3.48. The normalized spacial score (nSPS) is 10.2. The van der Waals surface area contributed by atoms with Crippen LogP contribution in [0.4, 0.5) is 9.80 Å². The monoisotopic (exact) mass is 300 g/mol. The van der Waals surface area contributed by atoms with Gasteiger partial charge in [-0.25, -0.2) is 9.59 Å². The average Bonchev–Trinajstić information content (AvgIpc) is 2.77. The fourth-order valence-electron chi connectivity index (χ4n) is 1.49. The van der Waals surface area contributed by atoms with Crippen LogP contribution in [0.1, 0.15) is 36.5 Å². The number of carboxylic acid groups (broad SMARTS) is 1. The van der Waals surface area contributed by atoms with Gasteiger partial charge in [-0.3, -0.25) is 5.32 Å². The Morgan fingerprint density at radius 2 is 2.10 bits per heavy atom. The summed E-state index contributed by atoms with van der Waals surface area (Å²) in [5.41, 5.74) is 0.0155. The predicted molar refractivity (Wildman–Crippen MR) is 79.0 cm³/mol. The van der Waals surface area contributed by atoms with E-state index in [0.29, 0.717) is 17.4 Å². The van der Waals surface area contributed by atoms with Crippen LogP contribution < -0.4 is 10.1 Å². The molecule has 1 aromatic rings. The molecule has 0 aromatic carbocycles. The van der Waals surface area contributed by atoms with Crippen molar-refractivity contribution in [2.24, 2.45) is 0 Å². The molecule has 2 amide bonds. The molecule has 0 atom stereocenters. The largest absolute Gasteiger partial charge is 0.492 e. The summed E-state index contributed by atoms with van der Waals surface area (Å²) in [5.74, 6) is -0.793. The minimum absolute atomic E-state index is 0.0155. The van der Waals surface area contributed by atoms with Crippen LogP contribution in [0.2, 0.25) is 0 Å². The summed E-state index contributed by atoms with van der Waals surface area (Å²) in [6, 6.07) is -0.369. The molecule has 0 aliphatic heterocycles. The number of thiophene rings is 1. The fraction of sp³-hybridized carbons (Fsp3) is 0.538. The molecule has 1 heterocycles. The Labute approximate surface area is 122 Å². The molecule has 1 rings (SSSR count). The van der Waals surface area contributed by atoms with Gasteiger partial charge >= 0.3 is 12.0 Å². The topological polar surface area (TPSA) is 78.9 Å². The lowest BCUT2D eigenvalue weighted by Gasteiger charge is -2.11. The zero-order valence-corrected chi connectivity index (χ0v) is 12.7.